The van der Waals surface area contributed by atoms with E-state index in [9.17, 15) is 30.7 Å². The van der Waals surface area contributed by atoms with Gasteiger partial charge in [-0.05, 0) is 35.4 Å². The zero-order valence-corrected chi connectivity index (χ0v) is 10.2. The maximum Gasteiger partial charge on any atom is 0.419 e. The minimum atomic E-state index is -4.87. The van der Waals surface area contributed by atoms with Crippen molar-refractivity contribution in [3.05, 3.63) is 59.4 Å². The van der Waals surface area contributed by atoms with E-state index < -0.39 is 29.3 Å². The molecule has 0 aliphatic carbocycles. The Hall–Kier alpha value is -2.05. The largest absolute Gasteiger partial charge is 0.419 e. The number of hydrogen-bond donors (Lipinski definition) is 0. The lowest BCUT2D eigenvalue weighted by Gasteiger charge is -2.11. The quantitative estimate of drug-likeness (QED) is 0.608. The van der Waals surface area contributed by atoms with Crippen LogP contribution in [0.15, 0.2) is 42.5 Å². The molecule has 0 radical (unpaired) electrons. The molecule has 112 valence electrons. The van der Waals surface area contributed by atoms with Gasteiger partial charge in [-0.25, -0.2) is 4.39 Å². The van der Waals surface area contributed by atoms with Crippen molar-refractivity contribution in [3.8, 4) is 11.1 Å². The fourth-order valence-corrected chi connectivity index (χ4v) is 1.77. The molecule has 2 aromatic carbocycles. The van der Waals surface area contributed by atoms with Crippen molar-refractivity contribution in [2.75, 3.05) is 0 Å². The molecular formula is C14H7F7. The highest BCUT2D eigenvalue weighted by Gasteiger charge is 2.34. The summed E-state index contributed by atoms with van der Waals surface area (Å²) in [5.41, 5.74) is -2.25. The van der Waals surface area contributed by atoms with Crippen LogP contribution in [0.3, 0.4) is 0 Å². The van der Waals surface area contributed by atoms with Crippen LogP contribution in [0.4, 0.5) is 30.7 Å². The third-order valence-electron chi connectivity index (χ3n) is 2.82. The summed E-state index contributed by atoms with van der Waals surface area (Å²) in [6, 6.07) is 5.87. The molecule has 0 bridgehead atoms. The number of alkyl halides is 6. The molecule has 2 rings (SSSR count). The van der Waals surface area contributed by atoms with Crippen molar-refractivity contribution in [1.82, 2.24) is 0 Å². The first-order valence-corrected chi connectivity index (χ1v) is 5.63. The van der Waals surface area contributed by atoms with Crippen molar-refractivity contribution in [1.29, 1.82) is 0 Å². The lowest BCUT2D eigenvalue weighted by atomic mass is 10.0. The van der Waals surface area contributed by atoms with E-state index in [0.717, 1.165) is 30.3 Å². The highest BCUT2D eigenvalue weighted by atomic mass is 19.4. The summed E-state index contributed by atoms with van der Waals surface area (Å²) in [4.78, 5) is 0. The molecule has 7 heteroatoms. The van der Waals surface area contributed by atoms with Crippen molar-refractivity contribution < 1.29 is 30.7 Å². The van der Waals surface area contributed by atoms with Gasteiger partial charge in [0.1, 0.15) is 5.82 Å². The topological polar surface area (TPSA) is 0 Å². The maximum absolute atomic E-state index is 13.1. The van der Waals surface area contributed by atoms with Crippen LogP contribution in [0.5, 0.6) is 0 Å². The predicted octanol–water partition coefficient (Wildman–Crippen LogP) is 5.53. The second-order valence-electron chi connectivity index (χ2n) is 4.27. The molecule has 0 heterocycles. The average molecular weight is 308 g/mol. The van der Waals surface area contributed by atoms with Gasteiger partial charge in [-0.2, -0.15) is 26.3 Å². The van der Waals surface area contributed by atoms with Crippen molar-refractivity contribution in [2.24, 2.45) is 0 Å². The second kappa shape index (κ2) is 5.05. The Bertz CT molecular complexity index is 636. The fourth-order valence-electron chi connectivity index (χ4n) is 1.77. The SMILES string of the molecule is Fc1ccc(-c2ccc(C(F)(F)F)cc2)cc1C(F)(F)F. The van der Waals surface area contributed by atoms with Crippen LogP contribution in [0.2, 0.25) is 0 Å². The van der Waals surface area contributed by atoms with E-state index in [-0.39, 0.29) is 11.1 Å². The first-order chi connectivity index (χ1) is 9.59. The summed E-state index contributed by atoms with van der Waals surface area (Å²) >= 11 is 0. The zero-order valence-electron chi connectivity index (χ0n) is 10.2. The van der Waals surface area contributed by atoms with Gasteiger partial charge < -0.3 is 0 Å². The Labute approximate surface area is 114 Å². The minimum absolute atomic E-state index is 0.0163. The van der Waals surface area contributed by atoms with E-state index in [1.165, 1.54) is 0 Å². The van der Waals surface area contributed by atoms with Crippen LogP contribution < -0.4 is 0 Å². The molecule has 0 atom stereocenters. The normalized spacial score (nSPS) is 12.5. The Kier molecular flexibility index (Phi) is 3.69. The summed E-state index contributed by atoms with van der Waals surface area (Å²) in [6.07, 6.45) is -9.40. The average Bonchev–Trinajstić information content (AvgIpc) is 2.37. The number of hydrogen-bond acceptors (Lipinski definition) is 0. The molecule has 0 saturated carbocycles. The molecule has 0 nitrogen and oxygen atoms in total. The Morgan fingerprint density at radius 3 is 1.62 bits per heavy atom. The van der Waals surface area contributed by atoms with Crippen LogP contribution in [-0.4, -0.2) is 0 Å². The van der Waals surface area contributed by atoms with E-state index in [1.807, 2.05) is 0 Å². The first kappa shape index (κ1) is 15.3. The van der Waals surface area contributed by atoms with E-state index in [4.69, 9.17) is 0 Å². The maximum atomic E-state index is 13.1. The van der Waals surface area contributed by atoms with Gasteiger partial charge in [0, 0.05) is 0 Å². The molecule has 21 heavy (non-hydrogen) atoms. The number of rotatable bonds is 1. The molecule has 0 N–H and O–H groups in total. The minimum Gasteiger partial charge on any atom is -0.206 e. The third-order valence-corrected chi connectivity index (χ3v) is 2.82. The molecule has 0 aliphatic heterocycles. The summed E-state index contributed by atoms with van der Waals surface area (Å²) < 4.78 is 88.1. The van der Waals surface area contributed by atoms with Crippen LogP contribution in [0.1, 0.15) is 11.1 Å². The zero-order chi connectivity index (χ0) is 15.8. The lowest BCUT2D eigenvalue weighted by molar-refractivity contribution is -0.140. The van der Waals surface area contributed by atoms with E-state index >= 15 is 0 Å². The van der Waals surface area contributed by atoms with Crippen molar-refractivity contribution in [2.45, 2.75) is 12.4 Å². The second-order valence-corrected chi connectivity index (χ2v) is 4.27. The van der Waals surface area contributed by atoms with E-state index in [1.54, 1.807) is 0 Å². The summed E-state index contributed by atoms with van der Waals surface area (Å²) in [6.45, 7) is 0. The summed E-state index contributed by atoms with van der Waals surface area (Å²) in [5.74, 6) is -1.43. The van der Waals surface area contributed by atoms with Crippen LogP contribution in [-0.2, 0) is 12.4 Å². The van der Waals surface area contributed by atoms with Crippen molar-refractivity contribution in [3.63, 3.8) is 0 Å². The standard InChI is InChI=1S/C14H7F7/c15-12-6-3-9(7-11(12)14(19,20)21)8-1-4-10(5-2-8)13(16,17)18/h1-7H. The summed E-state index contributed by atoms with van der Waals surface area (Å²) in [5, 5.41) is 0. The lowest BCUT2D eigenvalue weighted by Crippen LogP contribution is -2.08. The van der Waals surface area contributed by atoms with Gasteiger partial charge in [0.25, 0.3) is 0 Å². The highest BCUT2D eigenvalue weighted by Crippen LogP contribution is 2.35. The first-order valence-electron chi connectivity index (χ1n) is 5.63. The van der Waals surface area contributed by atoms with Gasteiger partial charge in [-0.3, -0.25) is 0 Å². The smallest absolute Gasteiger partial charge is 0.206 e. The Morgan fingerprint density at radius 1 is 0.619 bits per heavy atom. The molecular weight excluding hydrogens is 301 g/mol. The summed E-state index contributed by atoms with van der Waals surface area (Å²) in [7, 11) is 0. The van der Waals surface area contributed by atoms with E-state index in [0.29, 0.717) is 12.1 Å². The van der Waals surface area contributed by atoms with Crippen LogP contribution in [0, 0.1) is 5.82 Å². The monoisotopic (exact) mass is 308 g/mol. The molecule has 0 amide bonds. The van der Waals surface area contributed by atoms with Gasteiger partial charge in [-0.1, -0.05) is 18.2 Å². The number of benzene rings is 2. The fraction of sp³-hybridized carbons (Fsp3) is 0.143. The predicted molar refractivity (Wildman–Crippen MR) is 61.8 cm³/mol. The van der Waals surface area contributed by atoms with Gasteiger partial charge in [0.05, 0.1) is 11.1 Å². The Balaban J connectivity index is 2.44. The number of halogens is 7. The van der Waals surface area contributed by atoms with Gasteiger partial charge >= 0.3 is 12.4 Å². The third kappa shape index (κ3) is 3.34. The Morgan fingerprint density at radius 2 is 1.14 bits per heavy atom. The highest BCUT2D eigenvalue weighted by molar-refractivity contribution is 5.64. The van der Waals surface area contributed by atoms with Gasteiger partial charge in [0.2, 0.25) is 0 Å². The molecule has 0 unspecified atom stereocenters. The molecule has 0 fully saturated rings. The molecule has 2 aromatic rings. The van der Waals surface area contributed by atoms with Crippen molar-refractivity contribution >= 4 is 0 Å². The molecule has 0 aromatic heterocycles. The van der Waals surface area contributed by atoms with Gasteiger partial charge in [-0.15, -0.1) is 0 Å². The molecule has 0 aliphatic rings. The van der Waals surface area contributed by atoms with E-state index in [2.05, 4.69) is 0 Å². The van der Waals surface area contributed by atoms with Crippen LogP contribution >= 0.6 is 0 Å². The van der Waals surface area contributed by atoms with Crippen LogP contribution in [0.25, 0.3) is 11.1 Å². The van der Waals surface area contributed by atoms with Gasteiger partial charge in [0.15, 0.2) is 0 Å². The molecule has 0 saturated heterocycles. The molecule has 0 spiro atoms.